The average Bonchev–Trinajstić information content (AvgIpc) is 3.34. The molecule has 0 rings (SSSR count). The molecule has 0 aromatic carbocycles. The number of hydrogen-bond donors (Lipinski definition) is 0. The summed E-state index contributed by atoms with van der Waals surface area (Å²) in [6, 6.07) is 0. The van der Waals surface area contributed by atoms with Crippen molar-refractivity contribution in [2.45, 2.75) is 367 Å². The van der Waals surface area contributed by atoms with Crippen molar-refractivity contribution in [1.29, 1.82) is 0 Å². The normalized spacial score (nSPS) is 12.5. The highest BCUT2D eigenvalue weighted by Gasteiger charge is 2.18. The molecule has 0 N–H and O–H groups in total. The van der Waals surface area contributed by atoms with E-state index in [0.717, 1.165) is 122 Å². The van der Waals surface area contributed by atoms with Gasteiger partial charge in [-0.2, -0.15) is 0 Å². The van der Waals surface area contributed by atoms with Crippen LogP contribution < -0.4 is 0 Å². The van der Waals surface area contributed by atoms with Crippen molar-refractivity contribution in [3.63, 3.8) is 0 Å². The number of ether oxygens (including phenoxy) is 2. The van der Waals surface area contributed by atoms with Crippen LogP contribution in [0.1, 0.15) is 355 Å². The molecule has 0 bridgehead atoms. The molecule has 7 nitrogen and oxygen atoms in total. The topological polar surface area (TPSA) is 62.3 Å². The molecule has 0 heterocycles. The van der Waals surface area contributed by atoms with Gasteiger partial charge in [0.05, 0.1) is 0 Å². The Kier molecular flexibility index (Phi) is 78.1. The van der Waals surface area contributed by atoms with Crippen molar-refractivity contribution in [2.24, 2.45) is 0 Å². The van der Waals surface area contributed by atoms with Crippen LogP contribution in [0.25, 0.3) is 0 Å². The minimum absolute atomic E-state index is 0.000557. The quantitative estimate of drug-likeness (QED) is 0.0344. The molecule has 0 unspecified atom stereocenters. The summed E-state index contributed by atoms with van der Waals surface area (Å²) in [4.78, 5) is 31.4. The maximum absolute atomic E-state index is 12.8. The summed E-state index contributed by atoms with van der Waals surface area (Å²) < 4.78 is 12.1. The van der Waals surface area contributed by atoms with Gasteiger partial charge in [0.15, 0.2) is 0 Å². The lowest BCUT2D eigenvalue weighted by Crippen LogP contribution is -2.33. The van der Waals surface area contributed by atoms with Crippen molar-refractivity contribution >= 4 is 12.1 Å². The number of hydrogen-bond acceptors (Lipinski definition) is 6. The first-order chi connectivity index (χ1) is 46.1. The Morgan fingerprint density at radius 2 is 0.532 bits per heavy atom. The van der Waals surface area contributed by atoms with Crippen molar-refractivity contribution in [1.82, 2.24) is 14.7 Å². The highest BCUT2D eigenvalue weighted by atomic mass is 16.6. The first-order valence-electron chi connectivity index (χ1n) is 40.0. The Labute approximate surface area is 586 Å². The van der Waals surface area contributed by atoms with Crippen LogP contribution in [0.2, 0.25) is 0 Å². The zero-order valence-electron chi connectivity index (χ0n) is 63.9. The minimum atomic E-state index is -0.140. The number of carbonyl (C=O) groups excluding carboxylic acids is 2. The molecule has 0 fully saturated rings. The van der Waals surface area contributed by atoms with E-state index in [-0.39, 0.29) is 24.3 Å². The zero-order valence-corrected chi connectivity index (χ0v) is 63.9. The number of unbranched alkanes of at least 4 members (excludes halogenated alkanes) is 30. The standard InChI is InChI=1S/C44H82N2O2.C43H75NO2/c1-6-8-10-12-14-16-18-20-22-24-26-28-30-32-34-36-39-43(48-44(47)46(5)42-38-41-45(3)4)40-37-35-33-31-29-27-25-23-21-19-17-15-13-11-9-7-2;1-5-7-9-11-13-15-17-19-21-23-25-27-29-31-33-35-38-42(46-43(45)40-37-41-44(3)4)39-36-34-32-30-28-26-24-22-20-18-16-14-12-10-8-6-2/h14-17,20-23,43H,6-13,18-19,24-42H2,1-5H3;7-10,13-16,19-22,42H,5-6,11-12,17-18,23-41H2,1-4H3/b16-14-,17-15-,22-20-,23-21-;9-7-,10-8-,15-13-,16-14-,21-19-,22-20-. The smallest absolute Gasteiger partial charge is 0.409 e. The van der Waals surface area contributed by atoms with Crippen molar-refractivity contribution in [3.8, 4) is 0 Å². The van der Waals surface area contributed by atoms with Gasteiger partial charge in [0, 0.05) is 20.0 Å². The van der Waals surface area contributed by atoms with Crippen LogP contribution in [0.5, 0.6) is 0 Å². The van der Waals surface area contributed by atoms with Crippen molar-refractivity contribution in [3.05, 3.63) is 122 Å². The Balaban J connectivity index is 0. The molecular formula is C87H157N3O4. The van der Waals surface area contributed by atoms with Gasteiger partial charge in [-0.15, -0.1) is 0 Å². The minimum Gasteiger partial charge on any atom is -0.462 e. The van der Waals surface area contributed by atoms with Crippen LogP contribution in [-0.4, -0.2) is 93.8 Å². The maximum Gasteiger partial charge on any atom is 0.409 e. The lowest BCUT2D eigenvalue weighted by atomic mass is 10.0. The molecule has 1 amide bonds. The van der Waals surface area contributed by atoms with Crippen molar-refractivity contribution in [2.75, 3.05) is 54.9 Å². The van der Waals surface area contributed by atoms with Crippen LogP contribution in [0.3, 0.4) is 0 Å². The molecule has 0 saturated heterocycles. The highest BCUT2D eigenvalue weighted by molar-refractivity contribution is 5.69. The summed E-state index contributed by atoms with van der Waals surface area (Å²) in [5.74, 6) is 0.000557. The molecule has 0 spiro atoms. The molecule has 0 saturated carbocycles. The molecule has 0 aliphatic heterocycles. The second-order valence-corrected chi connectivity index (χ2v) is 27.3. The van der Waals surface area contributed by atoms with Gasteiger partial charge in [0.1, 0.15) is 12.2 Å². The second kappa shape index (κ2) is 79.7. The summed E-state index contributed by atoms with van der Waals surface area (Å²) in [6.07, 6.45) is 107. The fraction of sp³-hybridized carbons (Fsp3) is 0.747. The summed E-state index contributed by atoms with van der Waals surface area (Å²) in [5.41, 5.74) is 0. The number of nitrogens with zero attached hydrogens (tertiary/aromatic N) is 3. The van der Waals surface area contributed by atoms with Crippen LogP contribution in [-0.2, 0) is 14.3 Å². The van der Waals surface area contributed by atoms with Crippen molar-refractivity contribution < 1.29 is 19.1 Å². The van der Waals surface area contributed by atoms with E-state index in [1.54, 1.807) is 4.90 Å². The Morgan fingerprint density at radius 1 is 0.277 bits per heavy atom. The summed E-state index contributed by atoms with van der Waals surface area (Å²) in [6.45, 7) is 11.5. The predicted octanol–water partition coefficient (Wildman–Crippen LogP) is 27.0. The summed E-state index contributed by atoms with van der Waals surface area (Å²) in [5, 5.41) is 0. The largest absolute Gasteiger partial charge is 0.462 e. The number of carbonyl (C=O) groups is 2. The number of esters is 1. The molecule has 544 valence electrons. The van der Waals surface area contributed by atoms with E-state index >= 15 is 0 Å². The maximum atomic E-state index is 12.8. The van der Waals surface area contributed by atoms with Gasteiger partial charge < -0.3 is 24.2 Å². The third kappa shape index (κ3) is 78.8. The number of rotatable bonds is 68. The molecule has 0 aliphatic rings. The molecule has 0 aliphatic carbocycles. The monoisotopic (exact) mass is 1310 g/mol. The molecule has 0 aromatic heterocycles. The molecular weight excluding hydrogens is 1150 g/mol. The Hall–Kier alpha value is -3.94. The zero-order chi connectivity index (χ0) is 68.8. The van der Waals surface area contributed by atoms with Gasteiger partial charge in [-0.05, 0) is 234 Å². The van der Waals surface area contributed by atoms with Crippen LogP contribution in [0.15, 0.2) is 122 Å². The first-order valence-corrected chi connectivity index (χ1v) is 40.0. The second-order valence-electron chi connectivity index (χ2n) is 27.3. The van der Waals surface area contributed by atoms with E-state index in [1.165, 1.54) is 218 Å². The van der Waals surface area contributed by atoms with E-state index in [0.29, 0.717) is 6.42 Å². The van der Waals surface area contributed by atoms with Gasteiger partial charge in [0.2, 0.25) is 0 Å². The molecule has 0 radical (unpaired) electrons. The predicted molar refractivity (Wildman–Crippen MR) is 419 cm³/mol. The van der Waals surface area contributed by atoms with Gasteiger partial charge in [-0.3, -0.25) is 4.79 Å². The lowest BCUT2D eigenvalue weighted by molar-refractivity contribution is -0.150. The Bertz CT molecular complexity index is 1770. The van der Waals surface area contributed by atoms with E-state index in [4.69, 9.17) is 9.47 Å². The first kappa shape index (κ1) is 92.1. The molecule has 94 heavy (non-hydrogen) atoms. The summed E-state index contributed by atoms with van der Waals surface area (Å²) in [7, 11) is 10.2. The fourth-order valence-corrected chi connectivity index (χ4v) is 11.3. The van der Waals surface area contributed by atoms with Crippen LogP contribution in [0.4, 0.5) is 4.79 Å². The third-order valence-electron chi connectivity index (χ3n) is 17.3. The summed E-state index contributed by atoms with van der Waals surface area (Å²) >= 11 is 0. The average molecular weight is 1310 g/mol. The molecule has 0 aromatic rings. The van der Waals surface area contributed by atoms with Crippen LogP contribution >= 0.6 is 0 Å². The number of allylic oxidation sites excluding steroid dienone is 20. The lowest BCUT2D eigenvalue weighted by Gasteiger charge is -2.23. The van der Waals surface area contributed by atoms with E-state index in [1.807, 2.05) is 7.05 Å². The van der Waals surface area contributed by atoms with Gasteiger partial charge in [-0.1, -0.05) is 278 Å². The third-order valence-corrected chi connectivity index (χ3v) is 17.3. The SMILES string of the molecule is CC/C=C\C/C=C\C/C=C\CCCCCCCCC(CCCCCCCC/C=C\C/C=C\C/C=C\CC)OC(=O)CCCN(C)C.CCCCC/C=C\C/C=C\CCCCCCCCC(CCCCCCCC/C=C\C/C=C\CCCCC)OC(=O)N(C)CCCN(C)C. The van der Waals surface area contributed by atoms with Gasteiger partial charge in [-0.25, -0.2) is 4.79 Å². The van der Waals surface area contributed by atoms with E-state index in [9.17, 15) is 9.59 Å². The van der Waals surface area contributed by atoms with Gasteiger partial charge in [0.25, 0.3) is 0 Å². The van der Waals surface area contributed by atoms with Gasteiger partial charge >= 0.3 is 12.1 Å². The number of amides is 1. The molecule has 0 atom stereocenters. The highest BCUT2D eigenvalue weighted by Crippen LogP contribution is 2.21. The van der Waals surface area contributed by atoms with Crippen LogP contribution in [0, 0.1) is 0 Å². The molecule has 7 heteroatoms. The van der Waals surface area contributed by atoms with E-state index < -0.39 is 0 Å². The van der Waals surface area contributed by atoms with E-state index in [2.05, 4.69) is 187 Å². The fourth-order valence-electron chi connectivity index (χ4n) is 11.3. The Morgan fingerprint density at radius 3 is 0.830 bits per heavy atom.